The normalized spacial score (nSPS) is 10.8. The Balaban J connectivity index is 2.81. The highest BCUT2D eigenvalue weighted by Gasteiger charge is 2.12. The molecule has 0 bridgehead atoms. The molecule has 0 amide bonds. The molecule has 2 aromatic rings. The van der Waals surface area contributed by atoms with Crippen LogP contribution in [0.25, 0.3) is 5.69 Å². The first-order chi connectivity index (χ1) is 8.06. The zero-order valence-electron chi connectivity index (χ0n) is 10.3. The third-order valence-electron chi connectivity index (χ3n) is 2.96. The van der Waals surface area contributed by atoms with Crippen LogP contribution in [-0.2, 0) is 13.5 Å². The Hall–Kier alpha value is -1.55. The molecule has 1 N–H and O–H groups in total. The minimum atomic E-state index is 0.182. The minimum Gasteiger partial charge on any atom is -0.493 e. The molecule has 4 heteroatoms. The maximum absolute atomic E-state index is 9.99. The van der Waals surface area contributed by atoms with Gasteiger partial charge in [-0.05, 0) is 36.7 Å². The van der Waals surface area contributed by atoms with Crippen LogP contribution in [-0.4, -0.2) is 14.2 Å². The first kappa shape index (κ1) is 11.9. The second-order valence-corrected chi connectivity index (χ2v) is 4.52. The van der Waals surface area contributed by atoms with Gasteiger partial charge in [-0.3, -0.25) is 4.57 Å². The number of para-hydroxylation sites is 1. The highest BCUT2D eigenvalue weighted by atomic mass is 32.1. The summed E-state index contributed by atoms with van der Waals surface area (Å²) in [5.74, 6) is 0.182. The number of imidazole rings is 1. The van der Waals surface area contributed by atoms with Gasteiger partial charge in [0.25, 0.3) is 0 Å². The van der Waals surface area contributed by atoms with Gasteiger partial charge in [0, 0.05) is 7.05 Å². The molecule has 0 radical (unpaired) electrons. The van der Waals surface area contributed by atoms with Crippen molar-refractivity contribution >= 4 is 12.2 Å². The molecular weight excluding hydrogens is 232 g/mol. The van der Waals surface area contributed by atoms with Crippen molar-refractivity contribution in [1.82, 2.24) is 9.13 Å². The molecule has 90 valence electrons. The van der Waals surface area contributed by atoms with Gasteiger partial charge in [-0.1, -0.05) is 25.1 Å². The van der Waals surface area contributed by atoms with Crippen molar-refractivity contribution in [2.75, 3.05) is 0 Å². The van der Waals surface area contributed by atoms with Crippen molar-refractivity contribution in [2.24, 2.45) is 7.05 Å². The van der Waals surface area contributed by atoms with Crippen molar-refractivity contribution < 1.29 is 5.11 Å². The summed E-state index contributed by atoms with van der Waals surface area (Å²) < 4.78 is 4.08. The Labute approximate surface area is 106 Å². The fourth-order valence-corrected chi connectivity index (χ4v) is 2.31. The molecule has 1 heterocycles. The average molecular weight is 248 g/mol. The van der Waals surface area contributed by atoms with E-state index in [1.54, 1.807) is 15.3 Å². The Morgan fingerprint density at radius 2 is 2.06 bits per heavy atom. The molecule has 0 atom stereocenters. The van der Waals surface area contributed by atoms with Crippen LogP contribution in [0.2, 0.25) is 0 Å². The van der Waals surface area contributed by atoms with Gasteiger partial charge in [0.1, 0.15) is 0 Å². The van der Waals surface area contributed by atoms with E-state index in [9.17, 15) is 5.11 Å². The standard InChI is InChI=1S/C13H16N2OS/c1-4-10-7-5-6-9(2)12(10)15-11(16)8-14(3)13(15)17/h5-8,16H,4H2,1-3H3. The smallest absolute Gasteiger partial charge is 0.214 e. The highest BCUT2D eigenvalue weighted by Crippen LogP contribution is 2.25. The lowest BCUT2D eigenvalue weighted by Gasteiger charge is -2.13. The lowest BCUT2D eigenvalue weighted by atomic mass is 10.1. The van der Waals surface area contributed by atoms with E-state index < -0.39 is 0 Å². The Morgan fingerprint density at radius 1 is 1.35 bits per heavy atom. The van der Waals surface area contributed by atoms with Crippen LogP contribution in [0.4, 0.5) is 0 Å². The van der Waals surface area contributed by atoms with E-state index in [4.69, 9.17) is 12.2 Å². The third kappa shape index (κ3) is 1.89. The van der Waals surface area contributed by atoms with Crippen LogP contribution in [0.5, 0.6) is 5.88 Å². The molecule has 0 aliphatic rings. The van der Waals surface area contributed by atoms with Gasteiger partial charge >= 0.3 is 0 Å². The van der Waals surface area contributed by atoms with Crippen molar-refractivity contribution in [2.45, 2.75) is 20.3 Å². The molecule has 0 fully saturated rings. The molecule has 0 aliphatic carbocycles. The first-order valence-electron chi connectivity index (χ1n) is 5.62. The number of aromatic hydroxyl groups is 1. The summed E-state index contributed by atoms with van der Waals surface area (Å²) in [5, 5.41) is 9.99. The Bertz CT molecular complexity index is 610. The SMILES string of the molecule is CCc1cccc(C)c1-n1c(O)cn(C)c1=S. The number of benzene rings is 1. The van der Waals surface area contributed by atoms with Crippen LogP contribution < -0.4 is 0 Å². The average Bonchev–Trinajstić information content (AvgIpc) is 2.54. The van der Waals surface area contributed by atoms with Crippen LogP contribution in [0.3, 0.4) is 0 Å². The van der Waals surface area contributed by atoms with E-state index in [2.05, 4.69) is 13.0 Å². The molecule has 0 aliphatic heterocycles. The zero-order chi connectivity index (χ0) is 12.6. The van der Waals surface area contributed by atoms with E-state index >= 15 is 0 Å². The monoisotopic (exact) mass is 248 g/mol. The van der Waals surface area contributed by atoms with E-state index in [-0.39, 0.29) is 5.88 Å². The van der Waals surface area contributed by atoms with Gasteiger partial charge in [0.15, 0.2) is 4.77 Å². The van der Waals surface area contributed by atoms with Gasteiger partial charge in [-0.25, -0.2) is 0 Å². The maximum Gasteiger partial charge on any atom is 0.214 e. The number of aryl methyl sites for hydroxylation is 3. The van der Waals surface area contributed by atoms with Crippen molar-refractivity contribution in [1.29, 1.82) is 0 Å². The number of nitrogens with zero attached hydrogens (tertiary/aromatic N) is 2. The van der Waals surface area contributed by atoms with Gasteiger partial charge in [0.2, 0.25) is 5.88 Å². The molecule has 0 saturated carbocycles. The second-order valence-electron chi connectivity index (χ2n) is 4.15. The fraction of sp³-hybridized carbons (Fsp3) is 0.308. The second kappa shape index (κ2) is 4.37. The molecule has 0 saturated heterocycles. The van der Waals surface area contributed by atoms with Gasteiger partial charge in [-0.15, -0.1) is 0 Å². The predicted molar refractivity (Wildman–Crippen MR) is 71.4 cm³/mol. The summed E-state index contributed by atoms with van der Waals surface area (Å²) in [6.07, 6.45) is 2.54. The lowest BCUT2D eigenvalue weighted by molar-refractivity contribution is 0.441. The van der Waals surface area contributed by atoms with Crippen LogP contribution in [0.1, 0.15) is 18.1 Å². The van der Waals surface area contributed by atoms with E-state index in [1.807, 2.05) is 26.1 Å². The zero-order valence-corrected chi connectivity index (χ0v) is 11.1. The predicted octanol–water partition coefficient (Wildman–Crippen LogP) is 3.12. The van der Waals surface area contributed by atoms with Gasteiger partial charge in [0.05, 0.1) is 11.9 Å². The molecule has 0 spiro atoms. The molecular formula is C13H16N2OS. The van der Waals surface area contributed by atoms with E-state index in [1.165, 1.54) is 5.56 Å². The number of aromatic nitrogens is 2. The summed E-state index contributed by atoms with van der Waals surface area (Å²) in [6, 6.07) is 6.13. The molecule has 17 heavy (non-hydrogen) atoms. The molecule has 2 rings (SSSR count). The third-order valence-corrected chi connectivity index (χ3v) is 3.43. The maximum atomic E-state index is 9.99. The van der Waals surface area contributed by atoms with Crippen molar-refractivity contribution in [3.05, 3.63) is 40.3 Å². The largest absolute Gasteiger partial charge is 0.493 e. The van der Waals surface area contributed by atoms with Crippen molar-refractivity contribution in [3.8, 4) is 11.6 Å². The number of hydrogen-bond donors (Lipinski definition) is 1. The quantitative estimate of drug-likeness (QED) is 0.828. The minimum absolute atomic E-state index is 0.182. The summed E-state index contributed by atoms with van der Waals surface area (Å²) in [6.45, 7) is 4.13. The molecule has 1 aromatic carbocycles. The number of rotatable bonds is 2. The number of hydrogen-bond acceptors (Lipinski definition) is 2. The molecule has 1 aromatic heterocycles. The molecule has 3 nitrogen and oxygen atoms in total. The van der Waals surface area contributed by atoms with Crippen LogP contribution in [0, 0.1) is 11.7 Å². The van der Waals surface area contributed by atoms with E-state index in [0.29, 0.717) is 4.77 Å². The summed E-state index contributed by atoms with van der Waals surface area (Å²) in [4.78, 5) is 0. The highest BCUT2D eigenvalue weighted by molar-refractivity contribution is 7.71. The van der Waals surface area contributed by atoms with Crippen LogP contribution >= 0.6 is 12.2 Å². The lowest BCUT2D eigenvalue weighted by Crippen LogP contribution is -2.02. The first-order valence-corrected chi connectivity index (χ1v) is 6.03. The van der Waals surface area contributed by atoms with Gasteiger partial charge in [-0.2, -0.15) is 0 Å². The van der Waals surface area contributed by atoms with Gasteiger partial charge < -0.3 is 9.67 Å². The Kier molecular flexibility index (Phi) is 3.07. The van der Waals surface area contributed by atoms with E-state index in [0.717, 1.165) is 17.7 Å². The molecule has 0 unspecified atom stereocenters. The summed E-state index contributed by atoms with van der Waals surface area (Å²) in [5.41, 5.74) is 3.29. The fourth-order valence-electron chi connectivity index (χ4n) is 2.08. The van der Waals surface area contributed by atoms with Crippen LogP contribution in [0.15, 0.2) is 24.4 Å². The Morgan fingerprint density at radius 3 is 2.59 bits per heavy atom. The summed E-state index contributed by atoms with van der Waals surface area (Å²) >= 11 is 5.33. The van der Waals surface area contributed by atoms with Crippen molar-refractivity contribution in [3.63, 3.8) is 0 Å². The topological polar surface area (TPSA) is 30.1 Å². The summed E-state index contributed by atoms with van der Waals surface area (Å²) in [7, 11) is 1.84.